The molecule has 0 fully saturated rings. The van der Waals surface area contributed by atoms with Crippen LogP contribution in [0.1, 0.15) is 34.7 Å². The van der Waals surface area contributed by atoms with E-state index in [1.807, 2.05) is 103 Å². The molecule has 3 heteroatoms. The van der Waals surface area contributed by atoms with Gasteiger partial charge in [-0.3, -0.25) is 9.79 Å². The maximum atomic E-state index is 11.9. The highest BCUT2D eigenvalue weighted by Crippen LogP contribution is 2.31. The number of nitrogens with zero attached hydrogens (tertiary/aromatic N) is 1. The third kappa shape index (κ3) is 6.50. The van der Waals surface area contributed by atoms with Crippen LogP contribution in [0.4, 0.5) is 11.4 Å². The second-order valence-electron chi connectivity index (χ2n) is 7.84. The number of benzene rings is 4. The van der Waals surface area contributed by atoms with E-state index in [0.717, 1.165) is 39.2 Å². The predicted molar refractivity (Wildman–Crippen MR) is 145 cm³/mol. The Bertz CT molecular complexity index is 1320. The van der Waals surface area contributed by atoms with Gasteiger partial charge < -0.3 is 5.32 Å². The fraction of sp³-hybridized carbons (Fsp3) is 0.0323. The van der Waals surface area contributed by atoms with Crippen molar-refractivity contribution in [2.75, 3.05) is 5.32 Å². The summed E-state index contributed by atoms with van der Waals surface area (Å²) in [6.45, 7) is 1.51. The quantitative estimate of drug-likeness (QED) is 0.231. The SMILES string of the molecule is CC(=O)Nc1cc(N=Cc2ccccc2)c(/C=C/c2ccccc2)cc1/C=C/c1ccccc1. The Kier molecular flexibility index (Phi) is 7.60. The Morgan fingerprint density at radius 3 is 1.68 bits per heavy atom. The highest BCUT2D eigenvalue weighted by atomic mass is 16.1. The van der Waals surface area contributed by atoms with E-state index in [0.29, 0.717) is 0 Å². The van der Waals surface area contributed by atoms with Gasteiger partial charge in [-0.1, -0.05) is 115 Å². The molecule has 0 radical (unpaired) electrons. The summed E-state index contributed by atoms with van der Waals surface area (Å²) in [6, 6.07) is 34.2. The molecule has 4 aromatic rings. The van der Waals surface area contributed by atoms with Gasteiger partial charge in [-0.2, -0.15) is 0 Å². The van der Waals surface area contributed by atoms with Crippen molar-refractivity contribution in [3.63, 3.8) is 0 Å². The maximum absolute atomic E-state index is 11.9. The summed E-state index contributed by atoms with van der Waals surface area (Å²) >= 11 is 0. The number of nitrogens with one attached hydrogen (secondary N) is 1. The number of hydrogen-bond acceptors (Lipinski definition) is 2. The lowest BCUT2D eigenvalue weighted by Gasteiger charge is -2.11. The van der Waals surface area contributed by atoms with Crippen molar-refractivity contribution in [2.24, 2.45) is 4.99 Å². The van der Waals surface area contributed by atoms with E-state index in [2.05, 4.69) is 35.7 Å². The first kappa shape index (κ1) is 22.7. The van der Waals surface area contributed by atoms with Gasteiger partial charge in [0.15, 0.2) is 0 Å². The molecule has 0 bridgehead atoms. The molecule has 3 nitrogen and oxygen atoms in total. The minimum atomic E-state index is -0.125. The molecule has 0 aromatic heterocycles. The molecule has 0 aliphatic rings. The van der Waals surface area contributed by atoms with Crippen LogP contribution >= 0.6 is 0 Å². The molecule has 0 spiro atoms. The van der Waals surface area contributed by atoms with E-state index in [9.17, 15) is 4.79 Å². The topological polar surface area (TPSA) is 41.5 Å². The standard InChI is InChI=1S/C31H26N2O/c1-24(34)33-31-22-30(32-23-27-15-9-4-10-16-27)28(19-17-25-11-5-2-6-12-25)21-29(31)20-18-26-13-7-3-8-14-26/h2-23H,1H3,(H,33,34)/b19-17+,20-18+,32-23?. The Balaban J connectivity index is 1.78. The van der Waals surface area contributed by atoms with Gasteiger partial charge in [0, 0.05) is 18.7 Å². The van der Waals surface area contributed by atoms with Crippen molar-refractivity contribution in [1.82, 2.24) is 0 Å². The average Bonchev–Trinajstić information content (AvgIpc) is 2.87. The van der Waals surface area contributed by atoms with Crippen LogP contribution in [-0.4, -0.2) is 12.1 Å². The van der Waals surface area contributed by atoms with Crippen LogP contribution in [0.25, 0.3) is 24.3 Å². The predicted octanol–water partition coefficient (Wildman–Crippen LogP) is 7.74. The molecular weight excluding hydrogens is 416 g/mol. The largest absolute Gasteiger partial charge is 0.326 e. The molecule has 0 aliphatic heterocycles. The van der Waals surface area contributed by atoms with E-state index in [-0.39, 0.29) is 5.91 Å². The zero-order valence-electron chi connectivity index (χ0n) is 19.1. The summed E-state index contributed by atoms with van der Waals surface area (Å²) in [7, 11) is 0. The monoisotopic (exact) mass is 442 g/mol. The van der Waals surface area contributed by atoms with Crippen LogP contribution < -0.4 is 5.32 Å². The second kappa shape index (κ2) is 11.4. The van der Waals surface area contributed by atoms with Gasteiger partial charge in [0.25, 0.3) is 0 Å². The number of hydrogen-bond donors (Lipinski definition) is 1. The highest BCUT2D eigenvalue weighted by Gasteiger charge is 2.08. The van der Waals surface area contributed by atoms with Gasteiger partial charge in [-0.15, -0.1) is 0 Å². The van der Waals surface area contributed by atoms with Crippen LogP contribution in [-0.2, 0) is 4.79 Å². The smallest absolute Gasteiger partial charge is 0.221 e. The molecule has 1 N–H and O–H groups in total. The highest BCUT2D eigenvalue weighted by molar-refractivity contribution is 5.95. The summed E-state index contributed by atoms with van der Waals surface area (Å²) < 4.78 is 0. The zero-order valence-corrected chi connectivity index (χ0v) is 19.1. The first-order valence-corrected chi connectivity index (χ1v) is 11.2. The molecule has 0 saturated carbocycles. The van der Waals surface area contributed by atoms with Gasteiger partial charge in [-0.05, 0) is 34.4 Å². The van der Waals surface area contributed by atoms with Crippen LogP contribution in [0.2, 0.25) is 0 Å². The van der Waals surface area contributed by atoms with Crippen molar-refractivity contribution >= 4 is 47.8 Å². The lowest BCUT2D eigenvalue weighted by molar-refractivity contribution is -0.114. The number of carbonyl (C=O) groups is 1. The van der Waals surface area contributed by atoms with Gasteiger partial charge in [0.2, 0.25) is 5.91 Å². The van der Waals surface area contributed by atoms with Crippen LogP contribution in [0.3, 0.4) is 0 Å². The number of anilines is 1. The lowest BCUT2D eigenvalue weighted by atomic mass is 10.0. The van der Waals surface area contributed by atoms with Crippen molar-refractivity contribution in [3.05, 3.63) is 131 Å². The Morgan fingerprint density at radius 1 is 0.647 bits per heavy atom. The number of amides is 1. The molecule has 4 aromatic carbocycles. The van der Waals surface area contributed by atoms with Crippen LogP contribution in [0.5, 0.6) is 0 Å². The third-order valence-corrected chi connectivity index (χ3v) is 5.17. The Labute approximate surface area is 200 Å². The van der Waals surface area contributed by atoms with Crippen molar-refractivity contribution in [2.45, 2.75) is 6.92 Å². The Hall–Kier alpha value is -4.50. The van der Waals surface area contributed by atoms with E-state index in [4.69, 9.17) is 4.99 Å². The molecular formula is C31H26N2O. The zero-order chi connectivity index (χ0) is 23.6. The lowest BCUT2D eigenvalue weighted by Crippen LogP contribution is -2.07. The van der Waals surface area contributed by atoms with E-state index in [1.54, 1.807) is 0 Å². The molecule has 0 heterocycles. The van der Waals surface area contributed by atoms with Crippen molar-refractivity contribution in [3.8, 4) is 0 Å². The van der Waals surface area contributed by atoms with Crippen LogP contribution in [0, 0.1) is 0 Å². The molecule has 0 saturated heterocycles. The Morgan fingerprint density at radius 2 is 1.15 bits per heavy atom. The van der Waals surface area contributed by atoms with Gasteiger partial charge in [0.05, 0.1) is 11.4 Å². The second-order valence-corrected chi connectivity index (χ2v) is 7.84. The first-order chi connectivity index (χ1) is 16.7. The van der Waals surface area contributed by atoms with Crippen LogP contribution in [0.15, 0.2) is 108 Å². The average molecular weight is 443 g/mol. The third-order valence-electron chi connectivity index (χ3n) is 5.17. The molecule has 34 heavy (non-hydrogen) atoms. The van der Waals surface area contributed by atoms with Crippen molar-refractivity contribution in [1.29, 1.82) is 0 Å². The van der Waals surface area contributed by atoms with E-state index >= 15 is 0 Å². The van der Waals surface area contributed by atoms with Gasteiger partial charge >= 0.3 is 0 Å². The molecule has 1 amide bonds. The van der Waals surface area contributed by atoms with Gasteiger partial charge in [0.1, 0.15) is 0 Å². The summed E-state index contributed by atoms with van der Waals surface area (Å²) in [5.41, 5.74) is 6.56. The first-order valence-electron chi connectivity index (χ1n) is 11.2. The molecule has 0 atom stereocenters. The number of carbonyl (C=O) groups excluding carboxylic acids is 1. The number of rotatable bonds is 7. The minimum absolute atomic E-state index is 0.125. The minimum Gasteiger partial charge on any atom is -0.326 e. The van der Waals surface area contributed by atoms with E-state index in [1.165, 1.54) is 6.92 Å². The summed E-state index contributed by atoms with van der Waals surface area (Å²) in [5, 5.41) is 2.96. The summed E-state index contributed by atoms with van der Waals surface area (Å²) in [4.78, 5) is 16.7. The summed E-state index contributed by atoms with van der Waals surface area (Å²) in [5.74, 6) is -0.125. The fourth-order valence-corrected chi connectivity index (χ4v) is 3.49. The van der Waals surface area contributed by atoms with E-state index < -0.39 is 0 Å². The normalized spacial score (nSPS) is 11.4. The van der Waals surface area contributed by atoms with Gasteiger partial charge in [-0.25, -0.2) is 0 Å². The molecule has 0 aliphatic carbocycles. The molecule has 166 valence electrons. The maximum Gasteiger partial charge on any atom is 0.221 e. The fourth-order valence-electron chi connectivity index (χ4n) is 3.49. The number of aliphatic imine (C=N–C) groups is 1. The molecule has 4 rings (SSSR count). The van der Waals surface area contributed by atoms with Crippen molar-refractivity contribution < 1.29 is 4.79 Å². The summed E-state index contributed by atoms with van der Waals surface area (Å²) in [6.07, 6.45) is 10.0. The molecule has 0 unspecified atom stereocenters.